The molecule has 1 aromatic carbocycles. The first-order valence-corrected chi connectivity index (χ1v) is 11.7. The first kappa shape index (κ1) is 20.2. The molecule has 7 heteroatoms. The Balaban J connectivity index is 1.25. The second-order valence-corrected chi connectivity index (χ2v) is 9.32. The summed E-state index contributed by atoms with van der Waals surface area (Å²) in [6, 6.07) is 6.27. The number of carbonyl (C=O) groups is 3. The van der Waals surface area contributed by atoms with Crippen LogP contribution in [0.1, 0.15) is 75.3 Å². The van der Waals surface area contributed by atoms with Gasteiger partial charge in [-0.2, -0.15) is 5.10 Å². The van der Waals surface area contributed by atoms with Gasteiger partial charge in [0.1, 0.15) is 0 Å². The predicted octanol–water partition coefficient (Wildman–Crippen LogP) is 3.30. The second-order valence-electron chi connectivity index (χ2n) is 9.32. The van der Waals surface area contributed by atoms with E-state index in [0.29, 0.717) is 24.8 Å². The first-order chi connectivity index (χ1) is 15.1. The molecule has 1 unspecified atom stereocenters. The van der Waals surface area contributed by atoms with Crippen molar-refractivity contribution >= 4 is 28.6 Å². The van der Waals surface area contributed by atoms with Gasteiger partial charge in [0.05, 0.1) is 17.5 Å². The number of benzene rings is 1. The highest BCUT2D eigenvalue weighted by atomic mass is 16.2. The molecule has 2 saturated heterocycles. The Labute approximate surface area is 182 Å². The van der Waals surface area contributed by atoms with E-state index in [-0.39, 0.29) is 23.7 Å². The summed E-state index contributed by atoms with van der Waals surface area (Å²) in [4.78, 5) is 38.5. The van der Waals surface area contributed by atoms with Gasteiger partial charge in [-0.3, -0.25) is 24.4 Å². The molecule has 1 aliphatic carbocycles. The lowest BCUT2D eigenvalue weighted by Crippen LogP contribution is -2.40. The molecule has 7 nitrogen and oxygen atoms in total. The Morgan fingerprint density at radius 3 is 2.52 bits per heavy atom. The highest BCUT2D eigenvalue weighted by Gasteiger charge is 2.31. The van der Waals surface area contributed by atoms with Crippen molar-refractivity contribution in [2.45, 2.75) is 69.7 Å². The molecule has 0 bridgehead atoms. The topological polar surface area (TPSA) is 84.3 Å². The maximum Gasteiger partial charge on any atom is 0.234 e. The van der Waals surface area contributed by atoms with Crippen molar-refractivity contribution in [3.05, 3.63) is 30.0 Å². The molecular weight excluding hydrogens is 392 g/mol. The van der Waals surface area contributed by atoms with E-state index in [1.807, 2.05) is 18.2 Å². The maximum absolute atomic E-state index is 12.8. The summed E-state index contributed by atoms with van der Waals surface area (Å²) in [6.07, 6.45) is 10.3. The summed E-state index contributed by atoms with van der Waals surface area (Å²) >= 11 is 0. The van der Waals surface area contributed by atoms with Crippen LogP contribution in [0.15, 0.2) is 24.4 Å². The van der Waals surface area contributed by atoms with Crippen molar-refractivity contribution in [1.29, 1.82) is 0 Å². The van der Waals surface area contributed by atoms with Crippen molar-refractivity contribution in [1.82, 2.24) is 20.0 Å². The van der Waals surface area contributed by atoms with Gasteiger partial charge in [-0.05, 0) is 69.1 Å². The first-order valence-electron chi connectivity index (χ1n) is 11.7. The number of aromatic nitrogens is 2. The molecular formula is C24H30N4O3. The number of nitrogens with one attached hydrogen (secondary N) is 1. The molecule has 0 spiro atoms. The summed E-state index contributed by atoms with van der Waals surface area (Å²) in [7, 11) is 0. The fourth-order valence-electron chi connectivity index (χ4n) is 5.44. The third kappa shape index (κ3) is 4.10. The molecule has 164 valence electrons. The Morgan fingerprint density at radius 1 is 1.00 bits per heavy atom. The van der Waals surface area contributed by atoms with Crippen molar-refractivity contribution < 1.29 is 14.4 Å². The van der Waals surface area contributed by atoms with Gasteiger partial charge in [0.25, 0.3) is 0 Å². The highest BCUT2D eigenvalue weighted by Crippen LogP contribution is 2.35. The molecule has 5 rings (SSSR count). The van der Waals surface area contributed by atoms with E-state index in [1.54, 1.807) is 0 Å². The van der Waals surface area contributed by atoms with Crippen molar-refractivity contribution in [2.75, 3.05) is 13.1 Å². The van der Waals surface area contributed by atoms with E-state index in [2.05, 4.69) is 21.1 Å². The minimum absolute atomic E-state index is 0.165. The van der Waals surface area contributed by atoms with Crippen LogP contribution in [-0.2, 0) is 14.4 Å². The van der Waals surface area contributed by atoms with Crippen LogP contribution < -0.4 is 5.32 Å². The van der Waals surface area contributed by atoms with E-state index < -0.39 is 0 Å². The van der Waals surface area contributed by atoms with Crippen molar-refractivity contribution in [2.24, 2.45) is 5.92 Å². The van der Waals surface area contributed by atoms with Crippen molar-refractivity contribution in [3.63, 3.8) is 0 Å². The quantitative estimate of drug-likeness (QED) is 0.769. The molecule has 0 radical (unpaired) electrons. The van der Waals surface area contributed by atoms with Gasteiger partial charge in [0.2, 0.25) is 17.7 Å². The molecule has 31 heavy (non-hydrogen) atoms. The molecule has 3 fully saturated rings. The standard InChI is InChI=1S/C24H30N4O3/c29-22-11-9-20(23(30)25-22)17-6-10-21-18(14-17)15-28(26-21)19-7-4-16(5-8-19)24(31)27-12-2-1-3-13-27/h6,10,14-16,19-20H,1-5,7-9,11-13H2,(H,25,29,30). The lowest BCUT2D eigenvalue weighted by atomic mass is 9.85. The average Bonchev–Trinajstić information content (AvgIpc) is 3.23. The molecule has 2 aliphatic heterocycles. The summed E-state index contributed by atoms with van der Waals surface area (Å²) in [5.74, 6) is -0.151. The number of carbonyl (C=O) groups excluding carboxylic acids is 3. The largest absolute Gasteiger partial charge is 0.342 e. The number of imide groups is 1. The Kier molecular flexibility index (Phi) is 5.50. The average molecular weight is 423 g/mol. The number of hydrogen-bond acceptors (Lipinski definition) is 4. The molecule has 1 atom stereocenters. The zero-order valence-corrected chi connectivity index (χ0v) is 17.9. The smallest absolute Gasteiger partial charge is 0.234 e. The van der Waals surface area contributed by atoms with E-state index in [4.69, 9.17) is 5.10 Å². The van der Waals surface area contributed by atoms with Gasteiger partial charge < -0.3 is 4.90 Å². The minimum atomic E-state index is -0.276. The number of rotatable bonds is 3. The third-order valence-electron chi connectivity index (χ3n) is 7.28. The number of amides is 3. The van der Waals surface area contributed by atoms with E-state index in [1.165, 1.54) is 6.42 Å². The molecule has 1 aromatic heterocycles. The normalized spacial score (nSPS) is 27.4. The van der Waals surface area contributed by atoms with E-state index in [0.717, 1.165) is 68.1 Å². The number of nitrogens with zero attached hydrogens (tertiary/aromatic N) is 3. The van der Waals surface area contributed by atoms with Gasteiger partial charge >= 0.3 is 0 Å². The molecule has 3 amide bonds. The van der Waals surface area contributed by atoms with Gasteiger partial charge in [0, 0.05) is 37.0 Å². The zero-order valence-electron chi connectivity index (χ0n) is 17.9. The molecule has 3 heterocycles. The van der Waals surface area contributed by atoms with Crippen LogP contribution >= 0.6 is 0 Å². The second kappa shape index (κ2) is 8.44. The van der Waals surface area contributed by atoms with Crippen molar-refractivity contribution in [3.8, 4) is 0 Å². The lowest BCUT2D eigenvalue weighted by molar-refractivity contribution is -0.138. The molecule has 1 saturated carbocycles. The van der Waals surface area contributed by atoms with Gasteiger partial charge in [-0.25, -0.2) is 0 Å². The van der Waals surface area contributed by atoms with Crippen LogP contribution in [0.2, 0.25) is 0 Å². The molecule has 1 N–H and O–H groups in total. The number of fused-ring (bicyclic) bond motifs is 1. The summed E-state index contributed by atoms with van der Waals surface area (Å²) < 4.78 is 2.06. The SMILES string of the molecule is O=C1CCC(c2ccc3nn(C4CCC(C(=O)N5CCCCC5)CC4)cc3c2)C(=O)N1. The van der Waals surface area contributed by atoms with Crippen LogP contribution in [0.4, 0.5) is 0 Å². The van der Waals surface area contributed by atoms with Crippen LogP contribution in [0, 0.1) is 5.92 Å². The fraction of sp³-hybridized carbons (Fsp3) is 0.583. The Bertz CT molecular complexity index is 999. The predicted molar refractivity (Wildman–Crippen MR) is 116 cm³/mol. The number of likely N-dealkylation sites (tertiary alicyclic amines) is 1. The van der Waals surface area contributed by atoms with Gasteiger partial charge in [-0.15, -0.1) is 0 Å². The number of piperidine rings is 2. The van der Waals surface area contributed by atoms with E-state index in [9.17, 15) is 14.4 Å². The van der Waals surface area contributed by atoms with Gasteiger partial charge in [0.15, 0.2) is 0 Å². The van der Waals surface area contributed by atoms with E-state index >= 15 is 0 Å². The molecule has 2 aromatic rings. The van der Waals surface area contributed by atoms with Crippen LogP contribution in [0.3, 0.4) is 0 Å². The molecule has 3 aliphatic rings. The Morgan fingerprint density at radius 2 is 1.77 bits per heavy atom. The van der Waals surface area contributed by atoms with Crippen LogP contribution in [-0.4, -0.2) is 45.5 Å². The number of hydrogen-bond donors (Lipinski definition) is 1. The maximum atomic E-state index is 12.8. The summed E-state index contributed by atoms with van der Waals surface area (Å²) in [6.45, 7) is 1.86. The van der Waals surface area contributed by atoms with Gasteiger partial charge in [-0.1, -0.05) is 6.07 Å². The fourth-order valence-corrected chi connectivity index (χ4v) is 5.44. The monoisotopic (exact) mass is 422 g/mol. The van der Waals surface area contributed by atoms with Crippen LogP contribution in [0.5, 0.6) is 0 Å². The Hall–Kier alpha value is -2.70. The minimum Gasteiger partial charge on any atom is -0.342 e. The third-order valence-corrected chi connectivity index (χ3v) is 7.28. The lowest BCUT2D eigenvalue weighted by Gasteiger charge is -2.34. The van der Waals surface area contributed by atoms with Crippen LogP contribution in [0.25, 0.3) is 10.9 Å². The summed E-state index contributed by atoms with van der Waals surface area (Å²) in [5, 5.41) is 8.24. The summed E-state index contributed by atoms with van der Waals surface area (Å²) in [5.41, 5.74) is 1.86. The highest BCUT2D eigenvalue weighted by molar-refractivity contribution is 6.01. The zero-order chi connectivity index (χ0) is 21.4.